The molecule has 1 saturated carbocycles. The van der Waals surface area contributed by atoms with E-state index in [1.165, 1.54) is 11.3 Å². The minimum absolute atomic E-state index is 0.134. The topological polar surface area (TPSA) is 33.2 Å². The minimum atomic E-state index is 0.134. The van der Waals surface area contributed by atoms with Crippen LogP contribution in [0.15, 0.2) is 40.4 Å². The van der Waals surface area contributed by atoms with Gasteiger partial charge < -0.3 is 4.90 Å². The molecule has 0 aliphatic heterocycles. The van der Waals surface area contributed by atoms with Crippen LogP contribution in [0.1, 0.15) is 28.1 Å². The Balaban J connectivity index is 1.79. The van der Waals surface area contributed by atoms with Gasteiger partial charge >= 0.3 is 0 Å². The summed E-state index contributed by atoms with van der Waals surface area (Å²) in [4.78, 5) is 19.3. The number of nitrogens with zero attached hydrogens (tertiary/aromatic N) is 2. The molecule has 1 aliphatic rings. The zero-order valence-corrected chi connectivity index (χ0v) is 12.7. The van der Waals surface area contributed by atoms with Gasteiger partial charge in [-0.1, -0.05) is 0 Å². The largest absolute Gasteiger partial charge is 0.331 e. The van der Waals surface area contributed by atoms with Crippen LogP contribution >= 0.6 is 27.3 Å². The zero-order valence-electron chi connectivity index (χ0n) is 10.3. The molecule has 0 N–H and O–H groups in total. The lowest BCUT2D eigenvalue weighted by Crippen LogP contribution is -2.32. The second kappa shape index (κ2) is 5.43. The smallest absolute Gasteiger partial charge is 0.264 e. The highest BCUT2D eigenvalue weighted by Gasteiger charge is 2.33. The summed E-state index contributed by atoms with van der Waals surface area (Å²) < 4.78 is 0.996. The van der Waals surface area contributed by atoms with Crippen LogP contribution in [0.3, 0.4) is 0 Å². The molecule has 98 valence electrons. The zero-order chi connectivity index (χ0) is 13.2. The maximum Gasteiger partial charge on any atom is 0.264 e. The monoisotopic (exact) mass is 336 g/mol. The van der Waals surface area contributed by atoms with E-state index in [2.05, 4.69) is 20.9 Å². The van der Waals surface area contributed by atoms with Crippen LogP contribution in [0.25, 0.3) is 0 Å². The van der Waals surface area contributed by atoms with Crippen LogP contribution < -0.4 is 0 Å². The Hall–Kier alpha value is -1.20. The van der Waals surface area contributed by atoms with Crippen LogP contribution in [0.2, 0.25) is 0 Å². The number of rotatable bonds is 4. The summed E-state index contributed by atoms with van der Waals surface area (Å²) in [5, 5.41) is 0. The molecule has 0 aromatic carbocycles. The van der Waals surface area contributed by atoms with Crippen molar-refractivity contribution in [1.82, 2.24) is 9.88 Å². The summed E-state index contributed by atoms with van der Waals surface area (Å²) in [5.41, 5.74) is 1.13. The van der Waals surface area contributed by atoms with Gasteiger partial charge in [-0.25, -0.2) is 0 Å². The summed E-state index contributed by atoms with van der Waals surface area (Å²) in [5.74, 6) is 0.134. The van der Waals surface area contributed by atoms with Gasteiger partial charge in [0.25, 0.3) is 5.91 Å². The first-order valence-electron chi connectivity index (χ1n) is 6.19. The number of hydrogen-bond acceptors (Lipinski definition) is 3. The van der Waals surface area contributed by atoms with Gasteiger partial charge in [-0.15, -0.1) is 11.3 Å². The highest BCUT2D eigenvalue weighted by atomic mass is 79.9. The van der Waals surface area contributed by atoms with Crippen molar-refractivity contribution in [2.24, 2.45) is 0 Å². The van der Waals surface area contributed by atoms with Gasteiger partial charge in [0.05, 0.1) is 8.66 Å². The van der Waals surface area contributed by atoms with E-state index in [-0.39, 0.29) is 5.91 Å². The number of carbonyl (C=O) groups excluding carboxylic acids is 1. The Morgan fingerprint density at radius 2 is 2.05 bits per heavy atom. The second-order valence-corrected chi connectivity index (χ2v) is 7.09. The van der Waals surface area contributed by atoms with Crippen molar-refractivity contribution in [2.45, 2.75) is 25.4 Å². The molecule has 0 spiro atoms. The van der Waals surface area contributed by atoms with Gasteiger partial charge in [-0.3, -0.25) is 9.78 Å². The summed E-state index contributed by atoms with van der Waals surface area (Å²) in [6, 6.07) is 8.15. The average Bonchev–Trinajstić information content (AvgIpc) is 3.18. The third-order valence-electron chi connectivity index (χ3n) is 3.13. The van der Waals surface area contributed by atoms with Gasteiger partial charge in [0.1, 0.15) is 0 Å². The van der Waals surface area contributed by atoms with Crippen molar-refractivity contribution in [3.05, 3.63) is 50.9 Å². The molecule has 1 fully saturated rings. The summed E-state index contributed by atoms with van der Waals surface area (Å²) in [6.07, 6.45) is 5.77. The third-order valence-corrected chi connectivity index (χ3v) is 4.75. The fraction of sp³-hybridized carbons (Fsp3) is 0.286. The summed E-state index contributed by atoms with van der Waals surface area (Å²) in [7, 11) is 0. The van der Waals surface area contributed by atoms with Gasteiger partial charge in [0, 0.05) is 25.0 Å². The summed E-state index contributed by atoms with van der Waals surface area (Å²) in [6.45, 7) is 0.668. The van der Waals surface area contributed by atoms with Crippen molar-refractivity contribution < 1.29 is 4.79 Å². The lowest BCUT2D eigenvalue weighted by Gasteiger charge is -2.21. The number of aromatic nitrogens is 1. The maximum absolute atomic E-state index is 12.5. The standard InChI is InChI=1S/C14H13BrN2OS/c15-13-4-3-12(19-13)14(18)17(11-1-2-11)9-10-5-7-16-8-6-10/h3-8,11H,1-2,9H2. The Bertz CT molecular complexity index is 580. The third kappa shape index (κ3) is 3.04. The molecule has 2 aromatic heterocycles. The van der Waals surface area contributed by atoms with Crippen molar-refractivity contribution in [3.63, 3.8) is 0 Å². The highest BCUT2D eigenvalue weighted by molar-refractivity contribution is 9.11. The molecular weight excluding hydrogens is 324 g/mol. The van der Waals surface area contributed by atoms with E-state index in [9.17, 15) is 4.79 Å². The molecule has 0 bridgehead atoms. The number of pyridine rings is 1. The fourth-order valence-electron chi connectivity index (χ4n) is 2.01. The van der Waals surface area contributed by atoms with E-state index in [0.29, 0.717) is 12.6 Å². The second-order valence-electron chi connectivity index (χ2n) is 4.62. The van der Waals surface area contributed by atoms with Gasteiger partial charge in [-0.2, -0.15) is 0 Å². The average molecular weight is 337 g/mol. The number of thiophene rings is 1. The molecule has 2 aromatic rings. The molecule has 2 heterocycles. The maximum atomic E-state index is 12.5. The molecular formula is C14H13BrN2OS. The van der Waals surface area contributed by atoms with Crippen molar-refractivity contribution >= 4 is 33.2 Å². The molecule has 3 nitrogen and oxygen atoms in total. The molecule has 0 atom stereocenters. The van der Waals surface area contributed by atoms with Crippen molar-refractivity contribution in [3.8, 4) is 0 Å². The van der Waals surface area contributed by atoms with E-state index in [1.54, 1.807) is 12.4 Å². The molecule has 1 amide bonds. The fourth-order valence-corrected chi connectivity index (χ4v) is 3.35. The minimum Gasteiger partial charge on any atom is -0.331 e. The number of amides is 1. The quantitative estimate of drug-likeness (QED) is 0.852. The van der Waals surface area contributed by atoms with Crippen LogP contribution in [-0.4, -0.2) is 21.8 Å². The Labute approximate surface area is 124 Å². The number of hydrogen-bond donors (Lipinski definition) is 0. The van der Waals surface area contributed by atoms with Crippen LogP contribution in [0, 0.1) is 0 Å². The number of halogens is 1. The SMILES string of the molecule is O=C(c1ccc(Br)s1)N(Cc1ccncc1)C1CC1. The first-order valence-corrected chi connectivity index (χ1v) is 7.80. The number of carbonyl (C=O) groups is 1. The lowest BCUT2D eigenvalue weighted by atomic mass is 10.2. The molecule has 0 unspecified atom stereocenters. The first kappa shape index (κ1) is 12.8. The molecule has 19 heavy (non-hydrogen) atoms. The molecule has 5 heteroatoms. The van der Waals surface area contributed by atoms with E-state index in [4.69, 9.17) is 0 Å². The van der Waals surface area contributed by atoms with Gasteiger partial charge in [-0.05, 0) is 58.6 Å². The van der Waals surface area contributed by atoms with Crippen LogP contribution in [0.5, 0.6) is 0 Å². The molecule has 1 aliphatic carbocycles. The van der Waals surface area contributed by atoms with Crippen LogP contribution in [0.4, 0.5) is 0 Å². The Morgan fingerprint density at radius 1 is 1.32 bits per heavy atom. The normalized spacial score (nSPS) is 14.4. The molecule has 0 saturated heterocycles. The summed E-state index contributed by atoms with van der Waals surface area (Å²) >= 11 is 4.90. The predicted molar refractivity (Wildman–Crippen MR) is 79.2 cm³/mol. The van der Waals surface area contributed by atoms with E-state index < -0.39 is 0 Å². The van der Waals surface area contributed by atoms with Gasteiger partial charge in [0.2, 0.25) is 0 Å². The Morgan fingerprint density at radius 3 is 2.63 bits per heavy atom. The molecule has 3 rings (SSSR count). The van der Waals surface area contributed by atoms with Crippen molar-refractivity contribution in [1.29, 1.82) is 0 Å². The van der Waals surface area contributed by atoms with E-state index in [1.807, 2.05) is 29.2 Å². The lowest BCUT2D eigenvalue weighted by molar-refractivity contribution is 0.0735. The predicted octanol–water partition coefficient (Wildman–Crippen LogP) is 3.71. The van der Waals surface area contributed by atoms with E-state index in [0.717, 1.165) is 27.1 Å². The molecule has 0 radical (unpaired) electrons. The van der Waals surface area contributed by atoms with E-state index >= 15 is 0 Å². The first-order chi connectivity index (χ1) is 9.24. The van der Waals surface area contributed by atoms with Crippen LogP contribution in [-0.2, 0) is 6.54 Å². The highest BCUT2D eigenvalue weighted by Crippen LogP contribution is 2.32. The van der Waals surface area contributed by atoms with Gasteiger partial charge in [0.15, 0.2) is 0 Å². The Kier molecular flexibility index (Phi) is 3.66. The van der Waals surface area contributed by atoms with Crippen molar-refractivity contribution in [2.75, 3.05) is 0 Å².